The van der Waals surface area contributed by atoms with Crippen LogP contribution in [-0.4, -0.2) is 40.5 Å². The first-order valence-electron chi connectivity index (χ1n) is 11.7. The van der Waals surface area contributed by atoms with Crippen LogP contribution >= 0.6 is 0 Å². The van der Waals surface area contributed by atoms with Crippen LogP contribution in [0.15, 0.2) is 49.3 Å². The molecule has 3 rings (SSSR count). The van der Waals surface area contributed by atoms with Crippen LogP contribution in [0.1, 0.15) is 59.3 Å². The molecule has 0 spiro atoms. The Balaban J connectivity index is 1.48. The van der Waals surface area contributed by atoms with Crippen molar-refractivity contribution in [3.63, 3.8) is 0 Å². The molecule has 1 aliphatic heterocycles. The highest BCUT2D eigenvalue weighted by molar-refractivity contribution is 5.78. The molecule has 7 nitrogen and oxygen atoms in total. The van der Waals surface area contributed by atoms with Gasteiger partial charge in [0.25, 0.3) is 0 Å². The zero-order valence-corrected chi connectivity index (χ0v) is 19.8. The predicted octanol–water partition coefficient (Wildman–Crippen LogP) is 5.49. The number of carbonyl (C=O) groups is 1. The molecular weight excluding hydrogens is 420 g/mol. The second-order valence-electron chi connectivity index (χ2n) is 8.56. The Kier molecular flexibility index (Phi) is 8.97. The van der Waals surface area contributed by atoms with Crippen LogP contribution in [0.2, 0.25) is 0 Å². The summed E-state index contributed by atoms with van der Waals surface area (Å²) in [6.45, 7) is 10.1. The lowest BCUT2D eigenvalue weighted by molar-refractivity contribution is -0.163. The molecule has 1 aromatic carbocycles. The number of aromatic nitrogens is 2. The SMILES string of the molecule is C=C[C@H]1OC(C)(C)O[C@H]1C(=O)Oc1ccc(-c2ncc(OCCCCCCCC)cn2)cc1. The highest BCUT2D eigenvalue weighted by Gasteiger charge is 2.44. The van der Waals surface area contributed by atoms with Crippen LogP contribution < -0.4 is 9.47 Å². The van der Waals surface area contributed by atoms with Gasteiger partial charge in [-0.1, -0.05) is 45.1 Å². The van der Waals surface area contributed by atoms with E-state index >= 15 is 0 Å². The van der Waals surface area contributed by atoms with Gasteiger partial charge in [-0.05, 0) is 44.5 Å². The third kappa shape index (κ3) is 7.37. The van der Waals surface area contributed by atoms with Gasteiger partial charge in [0.05, 0.1) is 19.0 Å². The number of ether oxygens (including phenoxy) is 4. The molecule has 1 aromatic heterocycles. The van der Waals surface area contributed by atoms with E-state index in [1.165, 1.54) is 32.1 Å². The molecule has 2 aromatic rings. The number of esters is 1. The van der Waals surface area contributed by atoms with E-state index in [9.17, 15) is 4.79 Å². The first-order valence-corrected chi connectivity index (χ1v) is 11.7. The molecule has 0 aliphatic carbocycles. The van der Waals surface area contributed by atoms with Crippen molar-refractivity contribution >= 4 is 5.97 Å². The Morgan fingerprint density at radius 2 is 1.70 bits per heavy atom. The van der Waals surface area contributed by atoms with Crippen LogP contribution in [0, 0.1) is 0 Å². The Bertz CT molecular complexity index is 896. The summed E-state index contributed by atoms with van der Waals surface area (Å²) in [5.41, 5.74) is 0.808. The van der Waals surface area contributed by atoms with Crippen molar-refractivity contribution in [3.05, 3.63) is 49.3 Å². The maximum absolute atomic E-state index is 12.5. The maximum atomic E-state index is 12.5. The molecule has 0 N–H and O–H groups in total. The fraction of sp³-hybridized carbons (Fsp3) is 0.500. The minimum Gasteiger partial charge on any atom is -0.490 e. The van der Waals surface area contributed by atoms with Gasteiger partial charge < -0.3 is 18.9 Å². The average molecular weight is 455 g/mol. The first kappa shape index (κ1) is 24.9. The highest BCUT2D eigenvalue weighted by atomic mass is 16.8. The highest BCUT2D eigenvalue weighted by Crippen LogP contribution is 2.30. The molecule has 1 fully saturated rings. The second-order valence-corrected chi connectivity index (χ2v) is 8.56. The molecule has 178 valence electrons. The molecule has 0 bridgehead atoms. The van der Waals surface area contributed by atoms with E-state index in [-0.39, 0.29) is 0 Å². The number of hydrogen-bond acceptors (Lipinski definition) is 7. The predicted molar refractivity (Wildman–Crippen MR) is 126 cm³/mol. The average Bonchev–Trinajstić information content (AvgIpc) is 3.14. The summed E-state index contributed by atoms with van der Waals surface area (Å²) < 4.78 is 22.5. The van der Waals surface area contributed by atoms with Gasteiger partial charge in [-0.15, -0.1) is 6.58 Å². The molecule has 2 heterocycles. The zero-order valence-electron chi connectivity index (χ0n) is 19.8. The third-order valence-corrected chi connectivity index (χ3v) is 5.32. The molecule has 1 aliphatic rings. The van der Waals surface area contributed by atoms with Crippen molar-refractivity contribution in [2.45, 2.75) is 77.3 Å². The minimum absolute atomic E-state index is 0.402. The van der Waals surface area contributed by atoms with Gasteiger partial charge in [-0.25, -0.2) is 14.8 Å². The van der Waals surface area contributed by atoms with Crippen molar-refractivity contribution in [1.29, 1.82) is 0 Å². The normalized spacial score (nSPS) is 19.2. The topological polar surface area (TPSA) is 79.8 Å². The van der Waals surface area contributed by atoms with Crippen LogP contribution in [-0.2, 0) is 14.3 Å². The number of hydrogen-bond donors (Lipinski definition) is 0. The van der Waals surface area contributed by atoms with Gasteiger partial charge >= 0.3 is 5.97 Å². The number of benzene rings is 1. The number of unbranched alkanes of at least 4 members (excludes halogenated alkanes) is 5. The number of rotatable bonds is 12. The van der Waals surface area contributed by atoms with Gasteiger partial charge in [0.2, 0.25) is 0 Å². The monoisotopic (exact) mass is 454 g/mol. The summed E-state index contributed by atoms with van der Waals surface area (Å²) in [6, 6.07) is 7.00. The quantitative estimate of drug-likeness (QED) is 0.181. The van der Waals surface area contributed by atoms with Crippen LogP contribution in [0.25, 0.3) is 11.4 Å². The molecule has 2 atom stereocenters. The lowest BCUT2D eigenvalue weighted by atomic mass is 10.1. The molecule has 0 amide bonds. The Hall–Kier alpha value is -2.77. The summed E-state index contributed by atoms with van der Waals surface area (Å²) in [4.78, 5) is 21.3. The molecule has 0 radical (unpaired) electrons. The summed E-state index contributed by atoms with van der Waals surface area (Å²) in [5, 5.41) is 0. The Morgan fingerprint density at radius 1 is 1.03 bits per heavy atom. The second kappa shape index (κ2) is 11.9. The molecular formula is C26H34N2O5. The summed E-state index contributed by atoms with van der Waals surface area (Å²) in [7, 11) is 0. The van der Waals surface area contributed by atoms with Gasteiger partial charge in [0, 0.05) is 5.56 Å². The lowest BCUT2D eigenvalue weighted by Gasteiger charge is -2.16. The minimum atomic E-state index is -0.867. The van der Waals surface area contributed by atoms with Crippen LogP contribution in [0.3, 0.4) is 0 Å². The first-order chi connectivity index (χ1) is 15.9. The van der Waals surface area contributed by atoms with Crippen LogP contribution in [0.4, 0.5) is 0 Å². The molecule has 33 heavy (non-hydrogen) atoms. The number of nitrogens with zero attached hydrogens (tertiary/aromatic N) is 2. The fourth-order valence-electron chi connectivity index (χ4n) is 3.60. The maximum Gasteiger partial charge on any atom is 0.343 e. The molecule has 0 saturated carbocycles. The van der Waals surface area contributed by atoms with E-state index in [1.807, 2.05) is 0 Å². The van der Waals surface area contributed by atoms with E-state index in [1.54, 1.807) is 56.6 Å². The lowest BCUT2D eigenvalue weighted by Crippen LogP contribution is -2.34. The van der Waals surface area contributed by atoms with E-state index in [0.717, 1.165) is 12.0 Å². The fourth-order valence-corrected chi connectivity index (χ4v) is 3.60. The molecule has 0 unspecified atom stereocenters. The largest absolute Gasteiger partial charge is 0.490 e. The van der Waals surface area contributed by atoms with E-state index < -0.39 is 24.0 Å². The van der Waals surface area contributed by atoms with Crippen molar-refractivity contribution in [2.24, 2.45) is 0 Å². The van der Waals surface area contributed by atoms with Crippen LogP contribution in [0.5, 0.6) is 11.5 Å². The zero-order chi connectivity index (χ0) is 23.7. The third-order valence-electron chi connectivity index (χ3n) is 5.32. The van der Waals surface area contributed by atoms with Gasteiger partial charge in [0.1, 0.15) is 11.9 Å². The van der Waals surface area contributed by atoms with E-state index in [2.05, 4.69) is 23.5 Å². The van der Waals surface area contributed by atoms with Gasteiger partial charge in [-0.3, -0.25) is 0 Å². The van der Waals surface area contributed by atoms with Gasteiger partial charge in [-0.2, -0.15) is 0 Å². The van der Waals surface area contributed by atoms with Crippen molar-refractivity contribution in [3.8, 4) is 22.9 Å². The van der Waals surface area contributed by atoms with Crippen molar-refractivity contribution in [1.82, 2.24) is 9.97 Å². The van der Waals surface area contributed by atoms with Gasteiger partial charge in [0.15, 0.2) is 23.5 Å². The van der Waals surface area contributed by atoms with Crippen molar-refractivity contribution < 1.29 is 23.7 Å². The number of carbonyl (C=O) groups excluding carboxylic acids is 1. The van der Waals surface area contributed by atoms with E-state index in [4.69, 9.17) is 18.9 Å². The van der Waals surface area contributed by atoms with Crippen molar-refractivity contribution in [2.75, 3.05) is 6.61 Å². The molecule has 1 saturated heterocycles. The Morgan fingerprint density at radius 3 is 2.36 bits per heavy atom. The summed E-state index contributed by atoms with van der Waals surface area (Å²) in [5.74, 6) is 0.242. The summed E-state index contributed by atoms with van der Waals surface area (Å²) >= 11 is 0. The Labute approximate surface area is 196 Å². The molecule has 7 heteroatoms. The standard InChI is InChI=1S/C26H34N2O5/c1-5-7-8-9-10-11-16-30-21-17-27-24(28-18-21)19-12-14-20(15-13-19)31-25(29)23-22(6-2)32-26(3,4)33-23/h6,12-15,17-18,22-23H,2,5,7-11,16H2,1,3-4H3/t22-,23-/m1/s1. The smallest absolute Gasteiger partial charge is 0.343 e. The van der Waals surface area contributed by atoms with E-state index in [0.29, 0.717) is 23.9 Å². The summed E-state index contributed by atoms with van der Waals surface area (Å²) in [6.07, 6.45) is 10.8.